The second kappa shape index (κ2) is 6.74. The molecular formula is C18H22N4O3. The Bertz CT molecular complexity index is 720. The van der Waals surface area contributed by atoms with Crippen LogP contribution in [0.4, 0.5) is 0 Å². The number of carbonyl (C=O) groups is 1. The number of piperidine rings is 1. The predicted octanol–water partition coefficient (Wildman–Crippen LogP) is 2.06. The van der Waals surface area contributed by atoms with E-state index in [9.17, 15) is 4.79 Å². The van der Waals surface area contributed by atoms with Crippen molar-refractivity contribution >= 4 is 5.91 Å². The van der Waals surface area contributed by atoms with Gasteiger partial charge in [-0.1, -0.05) is 17.3 Å². The van der Waals surface area contributed by atoms with Crippen LogP contribution < -0.4 is 9.47 Å². The van der Waals surface area contributed by atoms with Crippen LogP contribution in [0.15, 0.2) is 36.7 Å². The number of para-hydroxylation sites is 2. The van der Waals surface area contributed by atoms with Gasteiger partial charge in [0, 0.05) is 18.3 Å². The average molecular weight is 342 g/mol. The molecule has 2 fully saturated rings. The fourth-order valence-electron chi connectivity index (χ4n) is 4.14. The summed E-state index contributed by atoms with van der Waals surface area (Å²) >= 11 is 0. The number of nitrogens with zero attached hydrogens (tertiary/aromatic N) is 4. The third-order valence-corrected chi connectivity index (χ3v) is 5.23. The highest BCUT2D eigenvalue weighted by molar-refractivity contribution is 5.79. The van der Waals surface area contributed by atoms with E-state index in [2.05, 4.69) is 10.3 Å². The molecule has 4 rings (SSSR count). The summed E-state index contributed by atoms with van der Waals surface area (Å²) in [6.45, 7) is 0.0430. The molecule has 3 heterocycles. The van der Waals surface area contributed by atoms with E-state index in [1.807, 2.05) is 40.0 Å². The van der Waals surface area contributed by atoms with Gasteiger partial charge in [-0.3, -0.25) is 4.79 Å². The maximum absolute atomic E-state index is 12.8. The third kappa shape index (κ3) is 3.06. The molecule has 2 atom stereocenters. The van der Waals surface area contributed by atoms with E-state index in [4.69, 9.17) is 9.47 Å². The summed E-state index contributed by atoms with van der Waals surface area (Å²) in [5.41, 5.74) is 0. The van der Waals surface area contributed by atoms with E-state index < -0.39 is 0 Å². The quantitative estimate of drug-likeness (QED) is 0.832. The fourth-order valence-corrected chi connectivity index (χ4v) is 4.14. The van der Waals surface area contributed by atoms with Crippen LogP contribution >= 0.6 is 0 Å². The second-order valence-electron chi connectivity index (χ2n) is 6.63. The highest BCUT2D eigenvalue weighted by Gasteiger charge is 2.43. The first kappa shape index (κ1) is 15.9. The van der Waals surface area contributed by atoms with E-state index in [1.54, 1.807) is 13.3 Å². The third-order valence-electron chi connectivity index (χ3n) is 5.23. The van der Waals surface area contributed by atoms with Gasteiger partial charge in [0.15, 0.2) is 18.1 Å². The van der Waals surface area contributed by atoms with Crippen molar-refractivity contribution in [2.75, 3.05) is 13.7 Å². The molecule has 7 heteroatoms. The molecule has 2 aromatic rings. The summed E-state index contributed by atoms with van der Waals surface area (Å²) in [6, 6.07) is 8.26. The summed E-state index contributed by atoms with van der Waals surface area (Å²) in [4.78, 5) is 14.8. The molecule has 2 saturated heterocycles. The van der Waals surface area contributed by atoms with E-state index in [1.165, 1.54) is 0 Å². The van der Waals surface area contributed by atoms with Crippen LogP contribution in [0.25, 0.3) is 0 Å². The molecule has 1 aromatic carbocycles. The van der Waals surface area contributed by atoms with Crippen molar-refractivity contribution in [2.24, 2.45) is 0 Å². The minimum atomic E-state index is 0.0430. The molecule has 1 amide bonds. The van der Waals surface area contributed by atoms with E-state index in [0.717, 1.165) is 25.7 Å². The van der Waals surface area contributed by atoms with Crippen LogP contribution in [0, 0.1) is 0 Å². The number of amides is 1. The van der Waals surface area contributed by atoms with Gasteiger partial charge in [0.25, 0.3) is 5.91 Å². The molecule has 7 nitrogen and oxygen atoms in total. The summed E-state index contributed by atoms with van der Waals surface area (Å²) < 4.78 is 12.9. The number of aromatic nitrogens is 3. The normalized spacial score (nSPS) is 25.0. The van der Waals surface area contributed by atoms with Crippen molar-refractivity contribution in [1.82, 2.24) is 19.9 Å². The maximum Gasteiger partial charge on any atom is 0.261 e. The SMILES string of the molecule is COc1ccccc1OCC(=O)N1C2CCC1CC(n1ccnn1)C2. The number of ether oxygens (including phenoxy) is 2. The van der Waals surface area contributed by atoms with E-state index in [-0.39, 0.29) is 24.6 Å². The molecule has 2 aliphatic rings. The van der Waals surface area contributed by atoms with Crippen molar-refractivity contribution in [3.05, 3.63) is 36.7 Å². The number of hydrogen-bond acceptors (Lipinski definition) is 5. The lowest BCUT2D eigenvalue weighted by atomic mass is 9.97. The van der Waals surface area contributed by atoms with Gasteiger partial charge in [-0.25, -0.2) is 4.68 Å². The molecule has 2 unspecified atom stereocenters. The number of benzene rings is 1. The molecule has 0 saturated carbocycles. The van der Waals surface area contributed by atoms with Crippen molar-refractivity contribution < 1.29 is 14.3 Å². The van der Waals surface area contributed by atoms with Crippen molar-refractivity contribution in [2.45, 2.75) is 43.8 Å². The molecular weight excluding hydrogens is 320 g/mol. The van der Waals surface area contributed by atoms with Gasteiger partial charge in [-0.15, -0.1) is 5.10 Å². The Labute approximate surface area is 146 Å². The monoisotopic (exact) mass is 342 g/mol. The molecule has 0 N–H and O–H groups in total. The molecule has 1 aromatic heterocycles. The summed E-state index contributed by atoms with van der Waals surface area (Å²) in [7, 11) is 1.60. The fraction of sp³-hybridized carbons (Fsp3) is 0.500. The topological polar surface area (TPSA) is 69.5 Å². The van der Waals surface area contributed by atoms with Gasteiger partial charge in [0.1, 0.15) is 0 Å². The van der Waals surface area contributed by atoms with Crippen molar-refractivity contribution in [3.63, 3.8) is 0 Å². The minimum absolute atomic E-state index is 0.0430. The highest BCUT2D eigenvalue weighted by atomic mass is 16.5. The Balaban J connectivity index is 1.40. The zero-order valence-electron chi connectivity index (χ0n) is 14.2. The Kier molecular flexibility index (Phi) is 4.29. The van der Waals surface area contributed by atoms with Gasteiger partial charge < -0.3 is 14.4 Å². The van der Waals surface area contributed by atoms with Crippen LogP contribution in [-0.2, 0) is 4.79 Å². The number of fused-ring (bicyclic) bond motifs is 2. The zero-order valence-corrected chi connectivity index (χ0v) is 14.2. The lowest BCUT2D eigenvalue weighted by Crippen LogP contribution is -2.48. The molecule has 132 valence electrons. The van der Waals surface area contributed by atoms with Crippen molar-refractivity contribution in [3.8, 4) is 11.5 Å². The lowest BCUT2D eigenvalue weighted by molar-refractivity contribution is -0.138. The first-order valence-corrected chi connectivity index (χ1v) is 8.69. The molecule has 25 heavy (non-hydrogen) atoms. The Morgan fingerprint density at radius 1 is 1.16 bits per heavy atom. The predicted molar refractivity (Wildman–Crippen MR) is 90.4 cm³/mol. The van der Waals surface area contributed by atoms with Crippen LogP contribution in [0.5, 0.6) is 11.5 Å². The number of methoxy groups -OCH3 is 1. The second-order valence-corrected chi connectivity index (χ2v) is 6.63. The van der Waals surface area contributed by atoms with E-state index >= 15 is 0 Å². The molecule has 0 radical (unpaired) electrons. The van der Waals surface area contributed by atoms with Gasteiger partial charge in [0.2, 0.25) is 0 Å². The largest absolute Gasteiger partial charge is 0.493 e. The lowest BCUT2D eigenvalue weighted by Gasteiger charge is -2.38. The van der Waals surface area contributed by atoms with Gasteiger partial charge >= 0.3 is 0 Å². The standard InChI is InChI=1S/C18H22N4O3/c1-24-16-4-2-3-5-17(16)25-12-18(23)22-13-6-7-14(22)11-15(10-13)21-9-8-19-20-21/h2-5,8-9,13-15H,6-7,10-12H2,1H3. The minimum Gasteiger partial charge on any atom is -0.493 e. The van der Waals surface area contributed by atoms with Gasteiger partial charge in [-0.2, -0.15) is 0 Å². The summed E-state index contributed by atoms with van der Waals surface area (Å²) in [5, 5.41) is 8.03. The summed E-state index contributed by atoms with van der Waals surface area (Å²) in [5.74, 6) is 1.29. The molecule has 0 spiro atoms. The first-order valence-electron chi connectivity index (χ1n) is 8.69. The van der Waals surface area contributed by atoms with Crippen molar-refractivity contribution in [1.29, 1.82) is 0 Å². The summed E-state index contributed by atoms with van der Waals surface area (Å²) in [6.07, 6.45) is 7.58. The number of rotatable bonds is 5. The molecule has 2 aliphatic heterocycles. The van der Waals surface area contributed by atoms with Gasteiger partial charge in [-0.05, 0) is 37.8 Å². The maximum atomic E-state index is 12.8. The van der Waals surface area contributed by atoms with Crippen LogP contribution in [0.2, 0.25) is 0 Å². The van der Waals surface area contributed by atoms with E-state index in [0.29, 0.717) is 17.5 Å². The van der Waals surface area contributed by atoms with Crippen LogP contribution in [-0.4, -0.2) is 51.6 Å². The Hall–Kier alpha value is -2.57. The molecule has 2 bridgehead atoms. The highest BCUT2D eigenvalue weighted by Crippen LogP contribution is 2.40. The van der Waals surface area contributed by atoms with Gasteiger partial charge in [0.05, 0.1) is 19.3 Å². The zero-order chi connectivity index (χ0) is 17.2. The Morgan fingerprint density at radius 2 is 1.88 bits per heavy atom. The smallest absolute Gasteiger partial charge is 0.261 e. The van der Waals surface area contributed by atoms with Crippen LogP contribution in [0.1, 0.15) is 31.7 Å². The average Bonchev–Trinajstić information content (AvgIpc) is 3.26. The Morgan fingerprint density at radius 3 is 2.52 bits per heavy atom. The number of hydrogen-bond donors (Lipinski definition) is 0. The molecule has 0 aliphatic carbocycles. The number of carbonyl (C=O) groups excluding carboxylic acids is 1. The van der Waals surface area contributed by atoms with Crippen LogP contribution in [0.3, 0.4) is 0 Å². The first-order chi connectivity index (χ1) is 12.3.